The zero-order chi connectivity index (χ0) is 13.0. The van der Waals surface area contributed by atoms with Crippen molar-refractivity contribution in [3.8, 4) is 0 Å². The summed E-state index contributed by atoms with van der Waals surface area (Å²) < 4.78 is 6.44. The molecule has 1 atom stereocenters. The predicted molar refractivity (Wildman–Crippen MR) is 77.7 cm³/mol. The van der Waals surface area contributed by atoms with Crippen molar-refractivity contribution < 1.29 is 4.74 Å². The van der Waals surface area contributed by atoms with E-state index in [0.717, 1.165) is 6.61 Å². The molecule has 17 heavy (non-hydrogen) atoms. The highest BCUT2D eigenvalue weighted by atomic mass is 79.9. The van der Waals surface area contributed by atoms with Gasteiger partial charge in [0.25, 0.3) is 0 Å². The van der Waals surface area contributed by atoms with Gasteiger partial charge in [-0.3, -0.25) is 0 Å². The molecule has 0 heterocycles. The maximum atomic E-state index is 5.25. The Kier molecular flexibility index (Phi) is 5.47. The van der Waals surface area contributed by atoms with Crippen LogP contribution < -0.4 is 5.32 Å². The lowest BCUT2D eigenvalue weighted by Gasteiger charge is -2.23. The fourth-order valence-corrected chi connectivity index (χ4v) is 2.05. The van der Waals surface area contributed by atoms with Gasteiger partial charge in [-0.2, -0.15) is 0 Å². The molecule has 0 bridgehead atoms. The fraction of sp³-hybridized carbons (Fsp3) is 0.571. The molecule has 96 valence electrons. The molecule has 0 radical (unpaired) electrons. The second-order valence-corrected chi connectivity index (χ2v) is 5.67. The second kappa shape index (κ2) is 6.41. The highest BCUT2D eigenvalue weighted by Crippen LogP contribution is 2.26. The van der Waals surface area contributed by atoms with Crippen molar-refractivity contribution in [2.24, 2.45) is 5.92 Å². The number of methoxy groups -OCH3 is 1. The molecule has 0 amide bonds. The molecular formula is C14H22BrNO. The number of hydrogen-bond donors (Lipinski definition) is 1. The van der Waals surface area contributed by atoms with Crippen molar-refractivity contribution >= 4 is 21.6 Å². The minimum Gasteiger partial charge on any atom is -0.383 e. The molecule has 0 aliphatic rings. The number of benzene rings is 1. The largest absolute Gasteiger partial charge is 0.383 e. The number of halogens is 1. The first-order chi connectivity index (χ1) is 7.95. The summed E-state index contributed by atoms with van der Waals surface area (Å²) in [7, 11) is 1.75. The van der Waals surface area contributed by atoms with Crippen molar-refractivity contribution in [3.05, 3.63) is 27.7 Å². The molecule has 1 N–H and O–H groups in total. The molecule has 2 nitrogen and oxygen atoms in total. The van der Waals surface area contributed by atoms with Crippen LogP contribution in [0.4, 0.5) is 5.69 Å². The number of anilines is 1. The third kappa shape index (κ3) is 4.00. The molecule has 0 aromatic heterocycles. The molecule has 1 aromatic carbocycles. The van der Waals surface area contributed by atoms with Gasteiger partial charge in [-0.05, 0) is 43.0 Å². The van der Waals surface area contributed by atoms with Crippen LogP contribution in [0, 0.1) is 19.8 Å². The molecule has 1 unspecified atom stereocenters. The van der Waals surface area contributed by atoms with E-state index in [1.807, 2.05) is 0 Å². The lowest BCUT2D eigenvalue weighted by Crippen LogP contribution is -2.30. The summed E-state index contributed by atoms with van der Waals surface area (Å²) in [6.45, 7) is 9.36. The Morgan fingerprint density at radius 3 is 2.18 bits per heavy atom. The quantitative estimate of drug-likeness (QED) is 0.882. The van der Waals surface area contributed by atoms with Crippen LogP contribution in [0.1, 0.15) is 25.0 Å². The van der Waals surface area contributed by atoms with Crippen LogP contribution in [0.25, 0.3) is 0 Å². The van der Waals surface area contributed by atoms with Crippen LogP contribution in [0.5, 0.6) is 0 Å². The smallest absolute Gasteiger partial charge is 0.0666 e. The SMILES string of the molecule is COCC(Nc1cc(C)c(Br)c(C)c1)C(C)C. The standard InChI is InChI=1S/C14H22BrNO/c1-9(2)13(8-17-5)16-12-6-10(3)14(15)11(4)7-12/h6-7,9,13,16H,8H2,1-5H3. The van der Waals surface area contributed by atoms with E-state index >= 15 is 0 Å². The van der Waals surface area contributed by atoms with Gasteiger partial charge in [0.1, 0.15) is 0 Å². The summed E-state index contributed by atoms with van der Waals surface area (Å²) in [5.41, 5.74) is 3.68. The third-order valence-corrected chi connectivity index (χ3v) is 4.19. The molecule has 0 saturated carbocycles. The summed E-state index contributed by atoms with van der Waals surface area (Å²) in [4.78, 5) is 0. The molecule has 0 spiro atoms. The number of aryl methyl sites for hydroxylation is 2. The minimum atomic E-state index is 0.347. The highest BCUT2D eigenvalue weighted by Gasteiger charge is 2.13. The first-order valence-corrected chi connectivity index (χ1v) is 6.77. The Hall–Kier alpha value is -0.540. The van der Waals surface area contributed by atoms with Gasteiger partial charge >= 0.3 is 0 Å². The average molecular weight is 300 g/mol. The van der Waals surface area contributed by atoms with E-state index in [0.29, 0.717) is 12.0 Å². The van der Waals surface area contributed by atoms with E-state index in [1.165, 1.54) is 21.3 Å². The Labute approximate surface area is 113 Å². The molecule has 0 aliphatic heterocycles. The first kappa shape index (κ1) is 14.5. The topological polar surface area (TPSA) is 21.3 Å². The molecule has 3 heteroatoms. The van der Waals surface area contributed by atoms with Crippen LogP contribution in [0.2, 0.25) is 0 Å². The Morgan fingerprint density at radius 2 is 1.76 bits per heavy atom. The summed E-state index contributed by atoms with van der Waals surface area (Å²) in [6, 6.07) is 4.68. The lowest BCUT2D eigenvalue weighted by molar-refractivity contribution is 0.171. The van der Waals surface area contributed by atoms with Crippen LogP contribution in [-0.2, 0) is 4.74 Å². The Morgan fingerprint density at radius 1 is 1.24 bits per heavy atom. The fourth-order valence-electron chi connectivity index (χ4n) is 1.82. The maximum absolute atomic E-state index is 5.25. The molecule has 0 fully saturated rings. The van der Waals surface area contributed by atoms with Gasteiger partial charge in [0.2, 0.25) is 0 Å². The maximum Gasteiger partial charge on any atom is 0.0666 e. The van der Waals surface area contributed by atoms with E-state index < -0.39 is 0 Å². The highest BCUT2D eigenvalue weighted by molar-refractivity contribution is 9.10. The minimum absolute atomic E-state index is 0.347. The van der Waals surface area contributed by atoms with Crippen molar-refractivity contribution in [2.45, 2.75) is 33.7 Å². The first-order valence-electron chi connectivity index (χ1n) is 5.98. The van der Waals surface area contributed by atoms with E-state index in [-0.39, 0.29) is 0 Å². The van der Waals surface area contributed by atoms with Crippen LogP contribution >= 0.6 is 15.9 Å². The summed E-state index contributed by atoms with van der Waals surface area (Å²) in [5.74, 6) is 0.541. The molecule has 0 saturated heterocycles. The van der Waals surface area contributed by atoms with Crippen LogP contribution in [0.15, 0.2) is 16.6 Å². The van der Waals surface area contributed by atoms with Gasteiger partial charge in [0.15, 0.2) is 0 Å². The average Bonchev–Trinajstić information content (AvgIpc) is 2.25. The predicted octanol–water partition coefficient (Wildman–Crippen LogP) is 4.15. The molecule has 1 rings (SSSR count). The molecular weight excluding hydrogens is 278 g/mol. The summed E-state index contributed by atoms with van der Waals surface area (Å²) >= 11 is 3.59. The van der Waals surface area contributed by atoms with Gasteiger partial charge in [-0.25, -0.2) is 0 Å². The van der Waals surface area contributed by atoms with E-state index in [2.05, 4.69) is 61.1 Å². The summed E-state index contributed by atoms with van der Waals surface area (Å²) in [5, 5.41) is 3.54. The zero-order valence-electron chi connectivity index (χ0n) is 11.3. The number of nitrogens with one attached hydrogen (secondary N) is 1. The van der Waals surface area contributed by atoms with Crippen LogP contribution in [0.3, 0.4) is 0 Å². The second-order valence-electron chi connectivity index (χ2n) is 4.87. The van der Waals surface area contributed by atoms with Gasteiger partial charge in [-0.1, -0.05) is 29.8 Å². The Bertz CT molecular complexity index is 353. The number of ether oxygens (including phenoxy) is 1. The van der Waals surface area contributed by atoms with Gasteiger partial charge in [0, 0.05) is 17.3 Å². The summed E-state index contributed by atoms with van der Waals surface area (Å²) in [6.07, 6.45) is 0. The monoisotopic (exact) mass is 299 g/mol. The normalized spacial score (nSPS) is 12.9. The van der Waals surface area contributed by atoms with Crippen molar-refractivity contribution in [2.75, 3.05) is 19.0 Å². The Balaban J connectivity index is 2.86. The third-order valence-electron chi connectivity index (χ3n) is 2.94. The molecule has 1 aromatic rings. The van der Waals surface area contributed by atoms with E-state index in [4.69, 9.17) is 4.74 Å². The van der Waals surface area contributed by atoms with Crippen LogP contribution in [-0.4, -0.2) is 19.8 Å². The lowest BCUT2D eigenvalue weighted by atomic mass is 10.0. The van der Waals surface area contributed by atoms with Gasteiger partial charge < -0.3 is 10.1 Å². The number of hydrogen-bond acceptors (Lipinski definition) is 2. The van der Waals surface area contributed by atoms with Gasteiger partial charge in [0.05, 0.1) is 12.6 Å². The van der Waals surface area contributed by atoms with Crippen molar-refractivity contribution in [1.29, 1.82) is 0 Å². The van der Waals surface area contributed by atoms with Crippen molar-refractivity contribution in [3.63, 3.8) is 0 Å². The number of rotatable bonds is 5. The van der Waals surface area contributed by atoms with E-state index in [1.54, 1.807) is 7.11 Å². The van der Waals surface area contributed by atoms with Gasteiger partial charge in [-0.15, -0.1) is 0 Å². The zero-order valence-corrected chi connectivity index (χ0v) is 12.9. The van der Waals surface area contributed by atoms with Crippen molar-refractivity contribution in [1.82, 2.24) is 0 Å². The molecule has 0 aliphatic carbocycles. The van der Waals surface area contributed by atoms with E-state index in [9.17, 15) is 0 Å².